The molecule has 0 atom stereocenters. The molecule has 1 N–H and O–H groups in total. The first-order valence-electron chi connectivity index (χ1n) is 8.65. The van der Waals surface area contributed by atoms with Crippen molar-refractivity contribution in [3.05, 3.63) is 76.3 Å². The highest BCUT2D eigenvalue weighted by atomic mass is 35.5. The summed E-state index contributed by atoms with van der Waals surface area (Å²) in [5.41, 5.74) is 3.69. The first kappa shape index (κ1) is 19.3. The first-order chi connectivity index (χ1) is 11.8. The fraction of sp³-hybridized carbons (Fsp3) is 0.318. The third kappa shape index (κ3) is 6.75. The second-order valence-corrected chi connectivity index (χ2v) is 7.66. The molecule has 2 rings (SSSR count). The zero-order valence-corrected chi connectivity index (χ0v) is 15.9. The van der Waals surface area contributed by atoms with Crippen LogP contribution in [0.3, 0.4) is 0 Å². The van der Waals surface area contributed by atoms with Crippen molar-refractivity contribution >= 4 is 23.6 Å². The lowest BCUT2D eigenvalue weighted by Crippen LogP contribution is -2.22. The number of amides is 1. The van der Waals surface area contributed by atoms with Gasteiger partial charge in [0.1, 0.15) is 0 Å². The highest BCUT2D eigenvalue weighted by Gasteiger charge is 2.12. The molecule has 2 nitrogen and oxygen atoms in total. The minimum atomic E-state index is -0.0593. The van der Waals surface area contributed by atoms with Crippen molar-refractivity contribution in [1.82, 2.24) is 5.32 Å². The Labute approximate surface area is 155 Å². The molecular weight excluding hydrogens is 330 g/mol. The molecule has 0 radical (unpaired) electrons. The highest BCUT2D eigenvalue weighted by molar-refractivity contribution is 6.30. The Morgan fingerprint density at radius 3 is 2.28 bits per heavy atom. The Balaban J connectivity index is 1.74. The largest absolute Gasteiger partial charge is 0.353 e. The van der Waals surface area contributed by atoms with Crippen molar-refractivity contribution in [3.8, 4) is 0 Å². The van der Waals surface area contributed by atoms with Gasteiger partial charge in [0.15, 0.2) is 0 Å². The fourth-order valence-corrected chi connectivity index (χ4v) is 2.61. The number of hydrogen-bond donors (Lipinski definition) is 1. The molecule has 0 aliphatic rings. The van der Waals surface area contributed by atoms with Crippen molar-refractivity contribution in [3.63, 3.8) is 0 Å². The SMILES string of the molecule is CC(C)(C)c1ccc(/C=C/C(=O)NCCCc2ccc(Cl)cc2)cc1. The summed E-state index contributed by atoms with van der Waals surface area (Å²) in [6.07, 6.45) is 5.27. The Kier molecular flexibility index (Phi) is 6.83. The molecule has 132 valence electrons. The molecule has 2 aromatic carbocycles. The molecule has 25 heavy (non-hydrogen) atoms. The number of halogens is 1. The summed E-state index contributed by atoms with van der Waals surface area (Å²) in [5, 5.41) is 3.67. The molecule has 3 heteroatoms. The van der Waals surface area contributed by atoms with Crippen LogP contribution < -0.4 is 5.32 Å². The number of benzene rings is 2. The Hall–Kier alpha value is -2.06. The van der Waals surface area contributed by atoms with Gasteiger partial charge in [-0.2, -0.15) is 0 Å². The lowest BCUT2D eigenvalue weighted by Gasteiger charge is -2.18. The summed E-state index contributed by atoms with van der Waals surface area (Å²) in [7, 11) is 0. The zero-order chi connectivity index (χ0) is 18.3. The molecule has 1 amide bonds. The molecule has 0 aliphatic carbocycles. The molecule has 0 spiro atoms. The second-order valence-electron chi connectivity index (χ2n) is 7.23. The van der Waals surface area contributed by atoms with E-state index in [1.165, 1.54) is 11.1 Å². The van der Waals surface area contributed by atoms with Crippen molar-refractivity contribution < 1.29 is 4.79 Å². The maximum Gasteiger partial charge on any atom is 0.243 e. The number of carbonyl (C=O) groups is 1. The maximum atomic E-state index is 11.9. The van der Waals surface area contributed by atoms with Crippen LogP contribution in [-0.2, 0) is 16.6 Å². The summed E-state index contributed by atoms with van der Waals surface area (Å²) < 4.78 is 0. The molecule has 0 heterocycles. The predicted octanol–water partition coefficient (Wildman–Crippen LogP) is 5.40. The van der Waals surface area contributed by atoms with Gasteiger partial charge in [0, 0.05) is 17.6 Å². The van der Waals surface area contributed by atoms with Crippen LogP contribution in [0, 0.1) is 0 Å². The van der Waals surface area contributed by atoms with E-state index in [4.69, 9.17) is 11.6 Å². The molecule has 0 saturated heterocycles. The number of hydrogen-bond acceptors (Lipinski definition) is 1. The summed E-state index contributed by atoms with van der Waals surface area (Å²) in [6, 6.07) is 16.1. The van der Waals surface area contributed by atoms with E-state index in [9.17, 15) is 4.79 Å². The first-order valence-corrected chi connectivity index (χ1v) is 9.03. The molecule has 0 aliphatic heterocycles. The number of nitrogens with one attached hydrogen (secondary N) is 1. The fourth-order valence-electron chi connectivity index (χ4n) is 2.48. The molecule has 0 fully saturated rings. The average molecular weight is 356 g/mol. The molecule has 0 aromatic heterocycles. The number of carbonyl (C=O) groups excluding carboxylic acids is 1. The zero-order valence-electron chi connectivity index (χ0n) is 15.2. The minimum Gasteiger partial charge on any atom is -0.353 e. The van der Waals surface area contributed by atoms with Crippen LogP contribution in [0.4, 0.5) is 0 Å². The van der Waals surface area contributed by atoms with Gasteiger partial charge in [-0.1, -0.05) is 68.8 Å². The van der Waals surface area contributed by atoms with E-state index in [-0.39, 0.29) is 11.3 Å². The maximum absolute atomic E-state index is 11.9. The van der Waals surface area contributed by atoms with E-state index in [0.717, 1.165) is 23.4 Å². The third-order valence-corrected chi connectivity index (χ3v) is 4.31. The van der Waals surface area contributed by atoms with E-state index < -0.39 is 0 Å². The van der Waals surface area contributed by atoms with Gasteiger partial charge in [-0.05, 0) is 53.2 Å². The van der Waals surface area contributed by atoms with Gasteiger partial charge in [-0.3, -0.25) is 4.79 Å². The lowest BCUT2D eigenvalue weighted by molar-refractivity contribution is -0.116. The Bertz CT molecular complexity index is 709. The van der Waals surface area contributed by atoms with Gasteiger partial charge in [-0.25, -0.2) is 0 Å². The second kappa shape index (κ2) is 8.87. The number of aryl methyl sites for hydroxylation is 1. The van der Waals surface area contributed by atoms with Crippen LogP contribution in [0.15, 0.2) is 54.6 Å². The van der Waals surface area contributed by atoms with Crippen LogP contribution in [0.25, 0.3) is 6.08 Å². The van der Waals surface area contributed by atoms with Gasteiger partial charge in [0.25, 0.3) is 0 Å². The van der Waals surface area contributed by atoms with Crippen LogP contribution >= 0.6 is 11.6 Å². The van der Waals surface area contributed by atoms with Crippen molar-refractivity contribution in [2.24, 2.45) is 0 Å². The van der Waals surface area contributed by atoms with Crippen molar-refractivity contribution in [1.29, 1.82) is 0 Å². The van der Waals surface area contributed by atoms with Crippen molar-refractivity contribution in [2.45, 2.75) is 39.0 Å². The van der Waals surface area contributed by atoms with E-state index in [1.807, 2.05) is 42.5 Å². The minimum absolute atomic E-state index is 0.0593. The molecular formula is C22H26ClNO. The van der Waals surface area contributed by atoms with E-state index in [2.05, 4.69) is 38.2 Å². The van der Waals surface area contributed by atoms with Crippen molar-refractivity contribution in [2.75, 3.05) is 6.54 Å². The smallest absolute Gasteiger partial charge is 0.243 e. The van der Waals surface area contributed by atoms with Gasteiger partial charge in [0.05, 0.1) is 0 Å². The average Bonchev–Trinajstić information content (AvgIpc) is 2.58. The standard InChI is InChI=1S/C22H26ClNO/c1-22(2,3)19-11-6-18(7-12-19)10-15-21(25)24-16-4-5-17-8-13-20(23)14-9-17/h6-15H,4-5,16H2,1-3H3,(H,24,25)/b15-10+. The lowest BCUT2D eigenvalue weighted by atomic mass is 9.87. The normalized spacial score (nSPS) is 11.7. The molecule has 0 bridgehead atoms. The summed E-state index contributed by atoms with van der Waals surface area (Å²) in [5.74, 6) is -0.0593. The summed E-state index contributed by atoms with van der Waals surface area (Å²) in [6.45, 7) is 7.23. The van der Waals surface area contributed by atoms with Gasteiger partial charge in [0.2, 0.25) is 5.91 Å². The van der Waals surface area contributed by atoms with Gasteiger partial charge in [-0.15, -0.1) is 0 Å². The molecule has 0 saturated carbocycles. The quantitative estimate of drug-likeness (QED) is 0.545. The van der Waals surface area contributed by atoms with Gasteiger partial charge < -0.3 is 5.32 Å². The topological polar surface area (TPSA) is 29.1 Å². The number of rotatable bonds is 6. The van der Waals surface area contributed by atoms with E-state index >= 15 is 0 Å². The predicted molar refractivity (Wildman–Crippen MR) is 107 cm³/mol. The van der Waals surface area contributed by atoms with Crippen LogP contribution in [0.1, 0.15) is 43.9 Å². The van der Waals surface area contributed by atoms with Crippen LogP contribution in [0.2, 0.25) is 5.02 Å². The van der Waals surface area contributed by atoms with Crippen LogP contribution in [-0.4, -0.2) is 12.5 Å². The summed E-state index contributed by atoms with van der Waals surface area (Å²) in [4.78, 5) is 11.9. The third-order valence-electron chi connectivity index (χ3n) is 4.06. The van der Waals surface area contributed by atoms with E-state index in [1.54, 1.807) is 6.08 Å². The molecule has 0 unspecified atom stereocenters. The Morgan fingerprint density at radius 1 is 1.04 bits per heavy atom. The monoisotopic (exact) mass is 355 g/mol. The molecule has 2 aromatic rings. The Morgan fingerprint density at radius 2 is 1.68 bits per heavy atom. The highest BCUT2D eigenvalue weighted by Crippen LogP contribution is 2.22. The summed E-state index contributed by atoms with van der Waals surface area (Å²) >= 11 is 5.87. The van der Waals surface area contributed by atoms with E-state index in [0.29, 0.717) is 6.54 Å². The van der Waals surface area contributed by atoms with Gasteiger partial charge >= 0.3 is 0 Å². The van der Waals surface area contributed by atoms with Crippen LogP contribution in [0.5, 0.6) is 0 Å².